The highest BCUT2D eigenvalue weighted by molar-refractivity contribution is 7.14. The number of carbonyl (C=O) groups excluding carboxylic acids is 1. The first-order chi connectivity index (χ1) is 12.7. The van der Waals surface area contributed by atoms with Crippen molar-refractivity contribution in [2.75, 3.05) is 5.32 Å². The molecule has 0 fully saturated rings. The van der Waals surface area contributed by atoms with Gasteiger partial charge in [-0.2, -0.15) is 0 Å². The average molecular weight is 365 g/mol. The van der Waals surface area contributed by atoms with Crippen molar-refractivity contribution >= 4 is 22.4 Å². The van der Waals surface area contributed by atoms with Crippen LogP contribution in [-0.4, -0.2) is 15.9 Å². The summed E-state index contributed by atoms with van der Waals surface area (Å²) in [5.41, 5.74) is 2.31. The van der Waals surface area contributed by atoms with Crippen LogP contribution in [-0.2, 0) is 0 Å². The predicted octanol–water partition coefficient (Wildman–Crippen LogP) is 4.86. The molecule has 0 aliphatic carbocycles. The van der Waals surface area contributed by atoms with Gasteiger partial charge < -0.3 is 4.42 Å². The maximum atomic E-state index is 13.0. The highest BCUT2D eigenvalue weighted by atomic mass is 32.1. The second kappa shape index (κ2) is 6.89. The minimum atomic E-state index is -0.398. The minimum Gasteiger partial charge on any atom is -0.451 e. The van der Waals surface area contributed by atoms with E-state index >= 15 is 0 Å². The van der Waals surface area contributed by atoms with Gasteiger partial charge in [0.1, 0.15) is 11.6 Å². The van der Waals surface area contributed by atoms with Crippen molar-refractivity contribution < 1.29 is 13.6 Å². The fourth-order valence-electron chi connectivity index (χ4n) is 2.37. The highest BCUT2D eigenvalue weighted by Gasteiger charge is 2.14. The van der Waals surface area contributed by atoms with Crippen LogP contribution in [0.3, 0.4) is 0 Å². The van der Waals surface area contributed by atoms with Crippen LogP contribution in [0.1, 0.15) is 10.6 Å². The summed E-state index contributed by atoms with van der Waals surface area (Å²) in [5, 5.41) is 5.03. The fraction of sp³-hybridized carbons (Fsp3) is 0. The number of halogens is 1. The number of carbonyl (C=O) groups is 1. The van der Waals surface area contributed by atoms with Crippen LogP contribution < -0.4 is 5.32 Å². The molecule has 0 atom stereocenters. The number of rotatable bonds is 4. The van der Waals surface area contributed by atoms with E-state index in [2.05, 4.69) is 15.3 Å². The molecule has 0 spiro atoms. The number of amides is 1. The lowest BCUT2D eigenvalue weighted by Gasteiger charge is -1.99. The maximum absolute atomic E-state index is 13.0. The molecule has 0 radical (unpaired) electrons. The number of nitrogens with one attached hydrogen (secondary N) is 1. The van der Waals surface area contributed by atoms with Crippen LogP contribution in [0.25, 0.3) is 22.6 Å². The van der Waals surface area contributed by atoms with Crippen LogP contribution >= 0.6 is 11.3 Å². The molecule has 3 aromatic heterocycles. The van der Waals surface area contributed by atoms with Crippen LogP contribution in [0.4, 0.5) is 9.52 Å². The first kappa shape index (κ1) is 16.2. The van der Waals surface area contributed by atoms with Crippen molar-refractivity contribution in [2.24, 2.45) is 0 Å². The van der Waals surface area contributed by atoms with Gasteiger partial charge in [0.2, 0.25) is 0 Å². The predicted molar refractivity (Wildman–Crippen MR) is 97.4 cm³/mol. The normalized spacial score (nSPS) is 10.7. The monoisotopic (exact) mass is 365 g/mol. The molecule has 0 aliphatic heterocycles. The standard InChI is InChI=1S/C19H12FN3O2S/c20-14-5-3-12(4-6-14)16-7-8-17(25-16)18(24)23-19-22-15(11-26-19)13-2-1-9-21-10-13/h1-11H,(H,22,23,24). The van der Waals surface area contributed by atoms with Crippen LogP contribution in [0, 0.1) is 5.82 Å². The molecule has 5 nitrogen and oxygen atoms in total. The van der Waals surface area contributed by atoms with Crippen molar-refractivity contribution in [3.05, 3.63) is 77.9 Å². The van der Waals surface area contributed by atoms with E-state index in [9.17, 15) is 9.18 Å². The van der Waals surface area contributed by atoms with E-state index in [0.717, 1.165) is 11.3 Å². The molecule has 0 unspecified atom stereocenters. The molecule has 0 aliphatic rings. The smallest absolute Gasteiger partial charge is 0.293 e. The van der Waals surface area contributed by atoms with E-state index in [0.29, 0.717) is 16.5 Å². The summed E-state index contributed by atoms with van der Waals surface area (Å²) < 4.78 is 18.6. The van der Waals surface area contributed by atoms with E-state index in [1.807, 2.05) is 17.5 Å². The van der Waals surface area contributed by atoms with E-state index in [4.69, 9.17) is 4.42 Å². The van der Waals surface area contributed by atoms with Gasteiger partial charge in [0.15, 0.2) is 10.9 Å². The molecule has 1 amide bonds. The topological polar surface area (TPSA) is 68.0 Å². The Bertz CT molecular complexity index is 1040. The lowest BCUT2D eigenvalue weighted by molar-refractivity contribution is 0.0997. The molecule has 26 heavy (non-hydrogen) atoms. The van der Waals surface area contributed by atoms with Crippen molar-refractivity contribution in [3.63, 3.8) is 0 Å². The molecule has 0 saturated carbocycles. The fourth-order valence-corrected chi connectivity index (χ4v) is 3.08. The lowest BCUT2D eigenvalue weighted by atomic mass is 10.2. The SMILES string of the molecule is O=C(Nc1nc(-c2cccnc2)cs1)c1ccc(-c2ccc(F)cc2)o1. The van der Waals surface area contributed by atoms with Crippen molar-refractivity contribution in [3.8, 4) is 22.6 Å². The summed E-state index contributed by atoms with van der Waals surface area (Å²) in [6.07, 6.45) is 3.40. The molecule has 0 saturated heterocycles. The van der Waals surface area contributed by atoms with E-state index < -0.39 is 5.91 Å². The van der Waals surface area contributed by atoms with Gasteiger partial charge in [0, 0.05) is 28.9 Å². The number of aromatic nitrogens is 2. The van der Waals surface area contributed by atoms with E-state index in [1.54, 1.807) is 36.7 Å². The molecule has 3 heterocycles. The second-order valence-electron chi connectivity index (χ2n) is 5.40. The number of furan rings is 1. The van der Waals surface area contributed by atoms with Gasteiger partial charge in [0.25, 0.3) is 5.91 Å². The summed E-state index contributed by atoms with van der Waals surface area (Å²) in [6.45, 7) is 0. The molecular formula is C19H12FN3O2S. The van der Waals surface area contributed by atoms with Crippen molar-refractivity contribution in [1.82, 2.24) is 9.97 Å². The van der Waals surface area contributed by atoms with Gasteiger partial charge in [-0.1, -0.05) is 0 Å². The Hall–Kier alpha value is -3.32. The van der Waals surface area contributed by atoms with E-state index in [1.165, 1.54) is 23.5 Å². The number of anilines is 1. The third kappa shape index (κ3) is 3.38. The molecule has 4 rings (SSSR count). The number of nitrogens with zero attached hydrogens (tertiary/aromatic N) is 2. The quantitative estimate of drug-likeness (QED) is 0.561. The van der Waals surface area contributed by atoms with Crippen LogP contribution in [0.5, 0.6) is 0 Å². The lowest BCUT2D eigenvalue weighted by Crippen LogP contribution is -2.10. The Morgan fingerprint density at radius 3 is 2.69 bits per heavy atom. The van der Waals surface area contributed by atoms with Crippen LogP contribution in [0.2, 0.25) is 0 Å². The maximum Gasteiger partial charge on any atom is 0.293 e. The number of hydrogen-bond acceptors (Lipinski definition) is 5. The molecule has 0 bridgehead atoms. The summed E-state index contributed by atoms with van der Waals surface area (Å²) in [7, 11) is 0. The average Bonchev–Trinajstić information content (AvgIpc) is 3.33. The summed E-state index contributed by atoms with van der Waals surface area (Å²) >= 11 is 1.32. The molecule has 4 aromatic rings. The summed E-state index contributed by atoms with van der Waals surface area (Å²) in [5.74, 6) is -0.0790. The Kier molecular flexibility index (Phi) is 4.28. The second-order valence-corrected chi connectivity index (χ2v) is 6.26. The zero-order valence-electron chi connectivity index (χ0n) is 13.3. The van der Waals surface area contributed by atoms with Gasteiger partial charge in [0.05, 0.1) is 5.69 Å². The third-order valence-electron chi connectivity index (χ3n) is 3.64. The molecule has 128 valence electrons. The first-order valence-corrected chi connectivity index (χ1v) is 8.60. The molecule has 1 aromatic carbocycles. The minimum absolute atomic E-state index is 0.155. The molecular weight excluding hydrogens is 353 g/mol. The van der Waals surface area contributed by atoms with E-state index in [-0.39, 0.29) is 11.6 Å². The zero-order chi connectivity index (χ0) is 17.9. The van der Waals surface area contributed by atoms with Gasteiger partial charge in [-0.05, 0) is 48.5 Å². The highest BCUT2D eigenvalue weighted by Crippen LogP contribution is 2.26. The zero-order valence-corrected chi connectivity index (χ0v) is 14.2. The Morgan fingerprint density at radius 2 is 1.92 bits per heavy atom. The van der Waals surface area contributed by atoms with Crippen molar-refractivity contribution in [2.45, 2.75) is 0 Å². The largest absolute Gasteiger partial charge is 0.451 e. The molecule has 7 heteroatoms. The first-order valence-electron chi connectivity index (χ1n) is 7.72. The molecule has 1 N–H and O–H groups in total. The van der Waals surface area contributed by atoms with Gasteiger partial charge >= 0.3 is 0 Å². The number of benzene rings is 1. The third-order valence-corrected chi connectivity index (χ3v) is 4.40. The number of pyridine rings is 1. The van der Waals surface area contributed by atoms with Crippen molar-refractivity contribution in [1.29, 1.82) is 0 Å². The van der Waals surface area contributed by atoms with Gasteiger partial charge in [-0.15, -0.1) is 11.3 Å². The van der Waals surface area contributed by atoms with Gasteiger partial charge in [-0.25, -0.2) is 9.37 Å². The van der Waals surface area contributed by atoms with Crippen LogP contribution in [0.15, 0.2) is 70.7 Å². The Morgan fingerprint density at radius 1 is 1.08 bits per heavy atom. The number of hydrogen-bond donors (Lipinski definition) is 1. The number of thiazole rings is 1. The Labute approximate surface area is 152 Å². The summed E-state index contributed by atoms with van der Waals surface area (Å²) in [6, 6.07) is 12.8. The summed E-state index contributed by atoms with van der Waals surface area (Å²) in [4.78, 5) is 20.8. The van der Waals surface area contributed by atoms with Gasteiger partial charge in [-0.3, -0.25) is 15.1 Å². The Balaban J connectivity index is 1.49.